The largest absolute Gasteiger partial charge is 0.466 e. The molecule has 128 valence electrons. The Morgan fingerprint density at radius 1 is 1.04 bits per heavy atom. The minimum atomic E-state index is -0.402. The lowest BCUT2D eigenvalue weighted by molar-refractivity contribution is -0.153. The number of benzene rings is 2. The van der Waals surface area contributed by atoms with Gasteiger partial charge in [-0.1, -0.05) is 60.7 Å². The number of ether oxygens (including phenoxy) is 2. The molecule has 4 heteroatoms. The molecule has 2 aromatic rings. The Hall–Kier alpha value is -2.17. The maximum Gasteiger partial charge on any atom is 0.313 e. The number of nitrogens with one attached hydrogen (secondary N) is 1. The summed E-state index contributed by atoms with van der Waals surface area (Å²) in [7, 11) is 1.63. The summed E-state index contributed by atoms with van der Waals surface area (Å²) < 4.78 is 10.9. The van der Waals surface area contributed by atoms with Crippen molar-refractivity contribution in [2.24, 2.45) is 5.92 Å². The summed E-state index contributed by atoms with van der Waals surface area (Å²) in [6.45, 7) is 3.36. The van der Waals surface area contributed by atoms with Crippen molar-refractivity contribution >= 4 is 5.97 Å². The van der Waals surface area contributed by atoms with Crippen LogP contribution in [0, 0.1) is 5.92 Å². The average molecular weight is 327 g/mol. The van der Waals surface area contributed by atoms with Gasteiger partial charge in [0.05, 0.1) is 18.6 Å². The summed E-state index contributed by atoms with van der Waals surface area (Å²) in [6.07, 6.45) is -0.339. The van der Waals surface area contributed by atoms with Crippen LogP contribution in [0.15, 0.2) is 60.7 Å². The van der Waals surface area contributed by atoms with Crippen LogP contribution in [-0.4, -0.2) is 26.2 Å². The van der Waals surface area contributed by atoms with Gasteiger partial charge in [0, 0.05) is 20.2 Å². The van der Waals surface area contributed by atoms with Crippen LogP contribution in [0.3, 0.4) is 0 Å². The number of hydrogen-bond acceptors (Lipinski definition) is 4. The van der Waals surface area contributed by atoms with Crippen LogP contribution in [0.1, 0.15) is 24.2 Å². The molecule has 2 unspecified atom stereocenters. The Morgan fingerprint density at radius 3 is 2.25 bits per heavy atom. The zero-order valence-electron chi connectivity index (χ0n) is 14.3. The lowest BCUT2D eigenvalue weighted by Gasteiger charge is -2.25. The topological polar surface area (TPSA) is 47.6 Å². The van der Waals surface area contributed by atoms with E-state index < -0.39 is 5.92 Å². The smallest absolute Gasteiger partial charge is 0.313 e. The molecule has 0 saturated heterocycles. The van der Waals surface area contributed by atoms with Crippen molar-refractivity contribution < 1.29 is 14.3 Å². The molecule has 0 aliphatic heterocycles. The quantitative estimate of drug-likeness (QED) is 0.718. The van der Waals surface area contributed by atoms with Crippen LogP contribution in [0.4, 0.5) is 0 Å². The van der Waals surface area contributed by atoms with Gasteiger partial charge < -0.3 is 14.8 Å². The van der Waals surface area contributed by atoms with Gasteiger partial charge in [-0.15, -0.1) is 0 Å². The first kappa shape index (κ1) is 18.2. The minimum Gasteiger partial charge on any atom is -0.466 e. The molecule has 0 radical (unpaired) electrons. The van der Waals surface area contributed by atoms with Crippen molar-refractivity contribution in [1.29, 1.82) is 0 Å². The molecule has 24 heavy (non-hydrogen) atoms. The molecular weight excluding hydrogens is 302 g/mol. The molecule has 2 atom stereocenters. The average Bonchev–Trinajstić information content (AvgIpc) is 2.63. The first-order chi connectivity index (χ1) is 11.8. The number of hydrogen-bond donors (Lipinski definition) is 1. The molecule has 4 nitrogen and oxygen atoms in total. The van der Waals surface area contributed by atoms with E-state index in [1.165, 1.54) is 5.56 Å². The first-order valence-electron chi connectivity index (χ1n) is 8.25. The Kier molecular flexibility index (Phi) is 7.46. The van der Waals surface area contributed by atoms with E-state index in [2.05, 4.69) is 17.4 Å². The Labute approximate surface area is 143 Å². The number of esters is 1. The molecule has 0 amide bonds. The van der Waals surface area contributed by atoms with E-state index >= 15 is 0 Å². The zero-order valence-corrected chi connectivity index (χ0v) is 14.3. The fraction of sp³-hybridized carbons (Fsp3) is 0.350. The third-order valence-corrected chi connectivity index (χ3v) is 3.87. The number of methoxy groups -OCH3 is 1. The summed E-state index contributed by atoms with van der Waals surface area (Å²) in [5.41, 5.74) is 2.15. The fourth-order valence-electron chi connectivity index (χ4n) is 2.71. The van der Waals surface area contributed by atoms with E-state index in [9.17, 15) is 4.79 Å². The van der Waals surface area contributed by atoms with Crippen LogP contribution in [-0.2, 0) is 20.8 Å². The summed E-state index contributed by atoms with van der Waals surface area (Å²) in [5, 5.41) is 3.34. The van der Waals surface area contributed by atoms with E-state index in [4.69, 9.17) is 9.47 Å². The molecule has 0 aliphatic carbocycles. The van der Waals surface area contributed by atoms with Crippen LogP contribution >= 0.6 is 0 Å². The third-order valence-electron chi connectivity index (χ3n) is 3.87. The maximum absolute atomic E-state index is 12.4. The van der Waals surface area contributed by atoms with E-state index in [1.807, 2.05) is 55.5 Å². The monoisotopic (exact) mass is 327 g/mol. The molecule has 2 rings (SSSR count). The lowest BCUT2D eigenvalue weighted by Crippen LogP contribution is -2.35. The van der Waals surface area contributed by atoms with Gasteiger partial charge in [-0.25, -0.2) is 0 Å². The highest BCUT2D eigenvalue weighted by Crippen LogP contribution is 2.26. The van der Waals surface area contributed by atoms with Crippen molar-refractivity contribution in [3.63, 3.8) is 0 Å². The van der Waals surface area contributed by atoms with Crippen molar-refractivity contribution in [2.45, 2.75) is 19.6 Å². The van der Waals surface area contributed by atoms with Crippen molar-refractivity contribution in [3.8, 4) is 0 Å². The van der Waals surface area contributed by atoms with Crippen molar-refractivity contribution in [1.82, 2.24) is 5.32 Å². The van der Waals surface area contributed by atoms with Crippen molar-refractivity contribution in [3.05, 3.63) is 71.8 Å². The van der Waals surface area contributed by atoms with E-state index in [1.54, 1.807) is 7.11 Å². The SMILES string of the molecule is CCOC(=O)C(CNCc1ccccc1)C(OC)c1ccccc1. The van der Waals surface area contributed by atoms with Gasteiger partial charge in [0.2, 0.25) is 0 Å². The minimum absolute atomic E-state index is 0.242. The lowest BCUT2D eigenvalue weighted by atomic mass is 9.95. The second-order valence-electron chi connectivity index (χ2n) is 5.54. The highest BCUT2D eigenvalue weighted by atomic mass is 16.5. The molecule has 2 aromatic carbocycles. The molecule has 0 spiro atoms. The van der Waals surface area contributed by atoms with Crippen LogP contribution < -0.4 is 5.32 Å². The van der Waals surface area contributed by atoms with E-state index in [-0.39, 0.29) is 12.1 Å². The summed E-state index contributed by atoms with van der Waals surface area (Å²) in [5.74, 6) is -0.644. The molecular formula is C20H25NO3. The predicted octanol–water partition coefficient (Wildman–Crippen LogP) is 3.34. The van der Waals surface area contributed by atoms with Crippen molar-refractivity contribution in [2.75, 3.05) is 20.3 Å². The molecule has 0 fully saturated rings. The first-order valence-corrected chi connectivity index (χ1v) is 8.25. The summed E-state index contributed by atoms with van der Waals surface area (Å²) in [6, 6.07) is 19.9. The molecule has 0 bridgehead atoms. The molecule has 0 aromatic heterocycles. The van der Waals surface area contributed by atoms with Gasteiger partial charge in [0.15, 0.2) is 0 Å². The van der Waals surface area contributed by atoms with Gasteiger partial charge in [0.25, 0.3) is 0 Å². The van der Waals surface area contributed by atoms with Crippen LogP contribution in [0.25, 0.3) is 0 Å². The van der Waals surface area contributed by atoms with Gasteiger partial charge in [-0.3, -0.25) is 4.79 Å². The highest BCUT2D eigenvalue weighted by molar-refractivity contribution is 5.73. The maximum atomic E-state index is 12.4. The number of carbonyl (C=O) groups excluding carboxylic acids is 1. The van der Waals surface area contributed by atoms with Crippen LogP contribution in [0.5, 0.6) is 0 Å². The molecule has 0 aliphatic rings. The second kappa shape index (κ2) is 9.85. The van der Waals surface area contributed by atoms with Gasteiger partial charge >= 0.3 is 5.97 Å². The summed E-state index contributed by atoms with van der Waals surface area (Å²) in [4.78, 5) is 12.4. The fourth-order valence-corrected chi connectivity index (χ4v) is 2.71. The van der Waals surface area contributed by atoms with Gasteiger partial charge in [-0.2, -0.15) is 0 Å². The molecule has 0 heterocycles. The number of rotatable bonds is 9. The third kappa shape index (κ3) is 5.18. The second-order valence-corrected chi connectivity index (χ2v) is 5.54. The van der Waals surface area contributed by atoms with E-state index in [0.717, 1.165) is 5.56 Å². The standard InChI is InChI=1S/C20H25NO3/c1-3-24-20(22)18(15-21-14-16-10-6-4-7-11-16)19(23-2)17-12-8-5-9-13-17/h4-13,18-19,21H,3,14-15H2,1-2H3. The number of carbonyl (C=O) groups is 1. The molecule has 1 N–H and O–H groups in total. The van der Waals surface area contributed by atoms with Crippen LogP contribution in [0.2, 0.25) is 0 Å². The summed E-state index contributed by atoms with van der Waals surface area (Å²) >= 11 is 0. The predicted molar refractivity (Wildman–Crippen MR) is 94.5 cm³/mol. The Bertz CT molecular complexity index is 601. The normalized spacial score (nSPS) is 13.2. The Balaban J connectivity index is 2.07. The van der Waals surface area contributed by atoms with Gasteiger partial charge in [0.1, 0.15) is 0 Å². The Morgan fingerprint density at radius 2 is 1.67 bits per heavy atom. The molecule has 0 saturated carbocycles. The van der Waals surface area contributed by atoms with Gasteiger partial charge in [-0.05, 0) is 18.1 Å². The highest BCUT2D eigenvalue weighted by Gasteiger charge is 2.30. The zero-order chi connectivity index (χ0) is 17.2. The van der Waals surface area contributed by atoms with E-state index in [0.29, 0.717) is 19.7 Å².